The fourth-order valence-electron chi connectivity index (χ4n) is 4.10. The molecule has 1 saturated heterocycles. The summed E-state index contributed by atoms with van der Waals surface area (Å²) >= 11 is 6.10. The Bertz CT molecular complexity index is 1130. The van der Waals surface area contributed by atoms with Crippen molar-refractivity contribution in [2.75, 3.05) is 19.0 Å². The molecule has 3 aromatic rings. The molecule has 2 aromatic carbocycles. The number of fused-ring (bicyclic) bond motifs is 1. The van der Waals surface area contributed by atoms with E-state index < -0.39 is 6.04 Å². The zero-order valence-electron chi connectivity index (χ0n) is 17.6. The molecule has 0 aliphatic carbocycles. The number of para-hydroxylation sites is 2. The number of imidazole rings is 1. The predicted octanol–water partition coefficient (Wildman–Crippen LogP) is 4.35. The SMILES string of the molecule is CCCn1c(NC(=O)[C@@H]2CCCN2C(=O)c2cc(Cl)ccc2OC)nc2ccccc21. The Morgan fingerprint density at radius 2 is 2.06 bits per heavy atom. The molecule has 1 fully saturated rings. The number of anilines is 1. The van der Waals surface area contributed by atoms with Gasteiger partial charge in [0, 0.05) is 18.1 Å². The van der Waals surface area contributed by atoms with E-state index in [1.807, 2.05) is 28.8 Å². The van der Waals surface area contributed by atoms with Crippen LogP contribution in [0.3, 0.4) is 0 Å². The first-order valence-electron chi connectivity index (χ1n) is 10.4. The fraction of sp³-hybridized carbons (Fsp3) is 0.348. The van der Waals surface area contributed by atoms with Crippen molar-refractivity contribution in [2.45, 2.75) is 38.8 Å². The van der Waals surface area contributed by atoms with E-state index in [0.29, 0.717) is 35.2 Å². The van der Waals surface area contributed by atoms with Crippen molar-refractivity contribution in [2.24, 2.45) is 0 Å². The number of carbonyl (C=O) groups is 2. The van der Waals surface area contributed by atoms with E-state index in [9.17, 15) is 9.59 Å². The second kappa shape index (κ2) is 8.98. The largest absolute Gasteiger partial charge is 0.496 e. The third kappa shape index (κ3) is 4.10. The molecule has 0 saturated carbocycles. The van der Waals surface area contributed by atoms with Crippen molar-refractivity contribution >= 4 is 40.4 Å². The van der Waals surface area contributed by atoms with Crippen LogP contribution in [-0.2, 0) is 11.3 Å². The summed E-state index contributed by atoms with van der Waals surface area (Å²) in [7, 11) is 1.51. The molecule has 0 radical (unpaired) electrons. The maximum Gasteiger partial charge on any atom is 0.258 e. The van der Waals surface area contributed by atoms with E-state index in [1.54, 1.807) is 23.1 Å². The highest BCUT2D eigenvalue weighted by Crippen LogP contribution is 2.28. The molecule has 1 atom stereocenters. The quantitative estimate of drug-likeness (QED) is 0.618. The number of hydrogen-bond donors (Lipinski definition) is 1. The number of likely N-dealkylation sites (tertiary alicyclic amines) is 1. The van der Waals surface area contributed by atoms with Crippen LogP contribution in [0.25, 0.3) is 11.0 Å². The van der Waals surface area contributed by atoms with E-state index in [4.69, 9.17) is 16.3 Å². The smallest absolute Gasteiger partial charge is 0.258 e. The molecular weight excluding hydrogens is 416 g/mol. The molecule has 1 aliphatic heterocycles. The Hall–Kier alpha value is -3.06. The summed E-state index contributed by atoms with van der Waals surface area (Å²) in [5.41, 5.74) is 2.16. The van der Waals surface area contributed by atoms with Crippen LogP contribution in [0.4, 0.5) is 5.95 Å². The van der Waals surface area contributed by atoms with Gasteiger partial charge in [-0.3, -0.25) is 14.9 Å². The Morgan fingerprint density at radius 1 is 1.26 bits per heavy atom. The second-order valence-electron chi connectivity index (χ2n) is 7.57. The Kier molecular flexibility index (Phi) is 6.13. The van der Waals surface area contributed by atoms with Crippen LogP contribution in [-0.4, -0.2) is 46.0 Å². The maximum atomic E-state index is 13.2. The highest BCUT2D eigenvalue weighted by molar-refractivity contribution is 6.31. The Labute approximate surface area is 186 Å². The van der Waals surface area contributed by atoms with Gasteiger partial charge in [-0.1, -0.05) is 30.7 Å². The molecule has 1 aromatic heterocycles. The van der Waals surface area contributed by atoms with Crippen LogP contribution in [0.15, 0.2) is 42.5 Å². The molecule has 2 heterocycles. The summed E-state index contributed by atoms with van der Waals surface area (Å²) < 4.78 is 7.34. The normalized spacial score (nSPS) is 16.0. The highest BCUT2D eigenvalue weighted by Gasteiger charge is 2.36. The van der Waals surface area contributed by atoms with Gasteiger partial charge in [0.1, 0.15) is 11.8 Å². The second-order valence-corrected chi connectivity index (χ2v) is 8.00. The molecule has 162 valence electrons. The third-order valence-electron chi connectivity index (χ3n) is 5.55. The van der Waals surface area contributed by atoms with Crippen LogP contribution in [0.5, 0.6) is 5.75 Å². The first kappa shape index (κ1) is 21.2. The fourth-order valence-corrected chi connectivity index (χ4v) is 4.27. The average molecular weight is 441 g/mol. The monoisotopic (exact) mass is 440 g/mol. The number of amides is 2. The number of methoxy groups -OCH3 is 1. The van der Waals surface area contributed by atoms with Crippen molar-refractivity contribution in [3.05, 3.63) is 53.1 Å². The molecule has 2 amide bonds. The predicted molar refractivity (Wildman–Crippen MR) is 121 cm³/mol. The number of aryl methyl sites for hydroxylation is 1. The van der Waals surface area contributed by atoms with Gasteiger partial charge in [-0.25, -0.2) is 4.98 Å². The minimum absolute atomic E-state index is 0.237. The number of carbonyl (C=O) groups excluding carboxylic acids is 2. The number of ether oxygens (including phenoxy) is 1. The number of halogens is 1. The third-order valence-corrected chi connectivity index (χ3v) is 5.78. The first-order valence-corrected chi connectivity index (χ1v) is 10.8. The number of nitrogens with one attached hydrogen (secondary N) is 1. The van der Waals surface area contributed by atoms with Gasteiger partial charge in [-0.15, -0.1) is 0 Å². The lowest BCUT2D eigenvalue weighted by atomic mass is 10.1. The number of rotatable bonds is 6. The molecule has 0 spiro atoms. The number of nitrogens with zero attached hydrogens (tertiary/aromatic N) is 3. The topological polar surface area (TPSA) is 76.5 Å². The summed E-state index contributed by atoms with van der Waals surface area (Å²) in [5, 5.41) is 3.41. The Balaban J connectivity index is 1.59. The summed E-state index contributed by atoms with van der Waals surface area (Å²) in [6.07, 6.45) is 2.25. The van der Waals surface area contributed by atoms with Crippen molar-refractivity contribution in [3.63, 3.8) is 0 Å². The van der Waals surface area contributed by atoms with Crippen molar-refractivity contribution in [3.8, 4) is 5.75 Å². The van der Waals surface area contributed by atoms with Crippen LogP contribution in [0, 0.1) is 0 Å². The molecular formula is C23H25ClN4O3. The molecule has 31 heavy (non-hydrogen) atoms. The van der Waals surface area contributed by atoms with Gasteiger partial charge in [-0.2, -0.15) is 0 Å². The minimum Gasteiger partial charge on any atom is -0.496 e. The lowest BCUT2D eigenvalue weighted by Gasteiger charge is -2.25. The Morgan fingerprint density at radius 3 is 2.84 bits per heavy atom. The van der Waals surface area contributed by atoms with Crippen LogP contribution >= 0.6 is 11.6 Å². The zero-order valence-corrected chi connectivity index (χ0v) is 18.4. The van der Waals surface area contributed by atoms with Crippen LogP contribution < -0.4 is 10.1 Å². The van der Waals surface area contributed by atoms with E-state index in [0.717, 1.165) is 30.4 Å². The van der Waals surface area contributed by atoms with Gasteiger partial charge in [0.25, 0.3) is 5.91 Å². The lowest BCUT2D eigenvalue weighted by Crippen LogP contribution is -2.43. The molecule has 7 nitrogen and oxygen atoms in total. The molecule has 0 unspecified atom stereocenters. The molecule has 8 heteroatoms. The zero-order chi connectivity index (χ0) is 22.0. The molecule has 4 rings (SSSR count). The van der Waals surface area contributed by atoms with Gasteiger partial charge in [0.2, 0.25) is 11.9 Å². The van der Waals surface area contributed by atoms with Crippen molar-refractivity contribution < 1.29 is 14.3 Å². The summed E-state index contributed by atoms with van der Waals surface area (Å²) in [6.45, 7) is 3.32. The summed E-state index contributed by atoms with van der Waals surface area (Å²) in [5.74, 6) is 0.441. The van der Waals surface area contributed by atoms with Crippen molar-refractivity contribution in [1.29, 1.82) is 0 Å². The van der Waals surface area contributed by atoms with Crippen LogP contribution in [0.2, 0.25) is 5.02 Å². The molecule has 1 aliphatic rings. The molecule has 0 bridgehead atoms. The first-order chi connectivity index (χ1) is 15.0. The van der Waals surface area contributed by atoms with Crippen LogP contribution in [0.1, 0.15) is 36.5 Å². The van der Waals surface area contributed by atoms with Gasteiger partial charge < -0.3 is 14.2 Å². The van der Waals surface area contributed by atoms with E-state index >= 15 is 0 Å². The van der Waals surface area contributed by atoms with Gasteiger partial charge >= 0.3 is 0 Å². The standard InChI is InChI=1S/C23H25ClN4O3/c1-3-12-28-18-8-5-4-7-17(18)25-23(28)26-21(29)19-9-6-13-27(19)22(30)16-14-15(24)10-11-20(16)31-2/h4-5,7-8,10-11,14,19H,3,6,9,12-13H2,1-2H3,(H,25,26,29)/t19-/m0/s1. The number of benzene rings is 2. The summed E-state index contributed by atoms with van der Waals surface area (Å²) in [4.78, 5) is 32.6. The van der Waals surface area contributed by atoms with E-state index in [-0.39, 0.29) is 11.8 Å². The van der Waals surface area contributed by atoms with Crippen molar-refractivity contribution in [1.82, 2.24) is 14.5 Å². The van der Waals surface area contributed by atoms with E-state index in [2.05, 4.69) is 17.2 Å². The van der Waals surface area contributed by atoms with Gasteiger partial charge in [-0.05, 0) is 49.6 Å². The van der Waals surface area contributed by atoms with E-state index in [1.165, 1.54) is 7.11 Å². The lowest BCUT2D eigenvalue weighted by molar-refractivity contribution is -0.119. The number of aromatic nitrogens is 2. The highest BCUT2D eigenvalue weighted by atomic mass is 35.5. The average Bonchev–Trinajstić information content (AvgIpc) is 3.39. The minimum atomic E-state index is -0.578. The number of hydrogen-bond acceptors (Lipinski definition) is 4. The van der Waals surface area contributed by atoms with Gasteiger partial charge in [0.05, 0.1) is 23.7 Å². The van der Waals surface area contributed by atoms with Gasteiger partial charge in [0.15, 0.2) is 0 Å². The maximum absolute atomic E-state index is 13.2. The molecule has 1 N–H and O–H groups in total. The summed E-state index contributed by atoms with van der Waals surface area (Å²) in [6, 6.07) is 12.1.